The molecule has 3 unspecified atom stereocenters. The Kier molecular flexibility index (Phi) is 33.3. The molecule has 2 N–H and O–H groups in total. The van der Waals surface area contributed by atoms with E-state index in [9.17, 15) is 19.4 Å². The predicted molar refractivity (Wildman–Crippen MR) is 219 cm³/mol. The standard InChI is InChI=1S/C43H77N2O6P/c1-6-8-10-12-14-16-18-20-21-22-23-25-26-28-30-32-34-36-42(46)41(40-51-52(48,49)50-39-38-45(3,4)5)44-43(47)37-35-33-31-29-27-24-19-17-15-13-11-9-7-2/h9,11,15,17,24,26-28,31,33-34,36,41-42,46H,6-8,10,12-14,16,18-23,25,29-30,32,35,37-40H2,1-5H3,(H-,44,47,48,49)/b11-9-,17-15-,27-24-,28-26+,33-31-,36-34+. The molecule has 0 bridgehead atoms. The summed E-state index contributed by atoms with van der Waals surface area (Å²) in [7, 11) is 1.19. The topological polar surface area (TPSA) is 108 Å². The average molecular weight is 749 g/mol. The van der Waals surface area contributed by atoms with E-state index in [0.29, 0.717) is 17.4 Å². The number of carbonyl (C=O) groups excluding carboxylic acids is 1. The van der Waals surface area contributed by atoms with E-state index < -0.39 is 26.6 Å². The summed E-state index contributed by atoms with van der Waals surface area (Å²) >= 11 is 0. The molecule has 0 fully saturated rings. The highest BCUT2D eigenvalue weighted by Crippen LogP contribution is 2.38. The lowest BCUT2D eigenvalue weighted by molar-refractivity contribution is -0.870. The fourth-order valence-corrected chi connectivity index (χ4v) is 5.90. The van der Waals surface area contributed by atoms with Crippen LogP contribution in [-0.4, -0.2) is 68.5 Å². The van der Waals surface area contributed by atoms with Gasteiger partial charge in [-0.25, -0.2) is 0 Å². The van der Waals surface area contributed by atoms with Gasteiger partial charge in [-0.2, -0.15) is 0 Å². The first-order chi connectivity index (χ1) is 25.0. The van der Waals surface area contributed by atoms with Crippen LogP contribution in [0.25, 0.3) is 0 Å². The first kappa shape index (κ1) is 49.9. The Hall–Kier alpha value is -2.06. The maximum atomic E-state index is 12.7. The number of carbonyl (C=O) groups is 1. The minimum atomic E-state index is -4.61. The number of quaternary nitrogens is 1. The third kappa shape index (κ3) is 36.3. The summed E-state index contributed by atoms with van der Waals surface area (Å²) in [4.78, 5) is 25.1. The van der Waals surface area contributed by atoms with E-state index in [-0.39, 0.29) is 18.9 Å². The maximum Gasteiger partial charge on any atom is 0.268 e. The number of amides is 1. The van der Waals surface area contributed by atoms with Crippen molar-refractivity contribution in [2.75, 3.05) is 40.9 Å². The van der Waals surface area contributed by atoms with Crippen LogP contribution in [0.5, 0.6) is 0 Å². The largest absolute Gasteiger partial charge is 0.756 e. The maximum absolute atomic E-state index is 12.7. The van der Waals surface area contributed by atoms with Gasteiger partial charge in [0.15, 0.2) is 0 Å². The number of aliphatic hydroxyl groups excluding tert-OH is 1. The third-order valence-electron chi connectivity index (χ3n) is 8.41. The number of hydrogen-bond donors (Lipinski definition) is 2. The van der Waals surface area contributed by atoms with Crippen molar-refractivity contribution in [1.29, 1.82) is 0 Å². The van der Waals surface area contributed by atoms with Gasteiger partial charge in [0, 0.05) is 6.42 Å². The lowest BCUT2D eigenvalue weighted by Gasteiger charge is -2.29. The molecule has 0 aromatic heterocycles. The van der Waals surface area contributed by atoms with E-state index in [0.717, 1.165) is 44.9 Å². The number of allylic oxidation sites excluding steroid dienone is 11. The molecule has 0 aromatic rings. The number of hydrogen-bond acceptors (Lipinski definition) is 6. The van der Waals surface area contributed by atoms with Crippen molar-refractivity contribution < 1.29 is 32.9 Å². The Bertz CT molecular complexity index is 1080. The summed E-state index contributed by atoms with van der Waals surface area (Å²) in [5.41, 5.74) is 0. The Labute approximate surface area is 319 Å². The Morgan fingerprint density at radius 3 is 1.77 bits per heavy atom. The van der Waals surface area contributed by atoms with Crippen molar-refractivity contribution >= 4 is 13.7 Å². The summed E-state index contributed by atoms with van der Waals surface area (Å²) < 4.78 is 23.1. The highest BCUT2D eigenvalue weighted by Gasteiger charge is 2.23. The van der Waals surface area contributed by atoms with Crippen molar-refractivity contribution in [2.24, 2.45) is 0 Å². The predicted octanol–water partition coefficient (Wildman–Crippen LogP) is 10.2. The SMILES string of the molecule is CC/C=C\C/C=C\C/C=C\C/C=C\CCC(=O)NC(COP(=O)([O-])OCC[N+](C)(C)C)C(O)/C=C/CC/C=C/CCCCCCCCCCCCC. The average Bonchev–Trinajstić information content (AvgIpc) is 3.09. The lowest BCUT2D eigenvalue weighted by Crippen LogP contribution is -2.45. The molecule has 0 aliphatic heterocycles. The fraction of sp³-hybridized carbons (Fsp3) is 0.698. The van der Waals surface area contributed by atoms with Crippen LogP contribution >= 0.6 is 7.82 Å². The number of unbranched alkanes of at least 4 members (excludes halogenated alkanes) is 12. The molecular weight excluding hydrogens is 671 g/mol. The van der Waals surface area contributed by atoms with Crippen LogP contribution < -0.4 is 10.2 Å². The lowest BCUT2D eigenvalue weighted by atomic mass is 10.1. The Morgan fingerprint density at radius 1 is 0.692 bits per heavy atom. The van der Waals surface area contributed by atoms with Crippen molar-refractivity contribution in [3.05, 3.63) is 72.9 Å². The molecule has 0 aliphatic rings. The molecule has 8 nitrogen and oxygen atoms in total. The van der Waals surface area contributed by atoms with Crippen LogP contribution in [0.15, 0.2) is 72.9 Å². The van der Waals surface area contributed by atoms with E-state index in [1.165, 1.54) is 70.6 Å². The van der Waals surface area contributed by atoms with Crippen LogP contribution in [0.4, 0.5) is 0 Å². The minimum absolute atomic E-state index is 0.0224. The van der Waals surface area contributed by atoms with Crippen LogP contribution in [0.3, 0.4) is 0 Å². The van der Waals surface area contributed by atoms with Crippen LogP contribution in [0.2, 0.25) is 0 Å². The van der Waals surface area contributed by atoms with Gasteiger partial charge in [-0.3, -0.25) is 9.36 Å². The number of phosphoric ester groups is 1. The van der Waals surface area contributed by atoms with Gasteiger partial charge in [0.05, 0.1) is 39.9 Å². The van der Waals surface area contributed by atoms with E-state index in [1.807, 2.05) is 39.4 Å². The van der Waals surface area contributed by atoms with Crippen LogP contribution in [-0.2, 0) is 18.4 Å². The van der Waals surface area contributed by atoms with Gasteiger partial charge >= 0.3 is 0 Å². The zero-order valence-electron chi connectivity index (χ0n) is 33.7. The van der Waals surface area contributed by atoms with E-state index >= 15 is 0 Å². The van der Waals surface area contributed by atoms with Gasteiger partial charge in [-0.05, 0) is 57.8 Å². The quantitative estimate of drug-likeness (QED) is 0.0289. The Balaban J connectivity index is 4.66. The third-order valence-corrected chi connectivity index (χ3v) is 9.38. The fourth-order valence-electron chi connectivity index (χ4n) is 5.18. The number of phosphoric acid groups is 1. The van der Waals surface area contributed by atoms with E-state index in [4.69, 9.17) is 9.05 Å². The summed E-state index contributed by atoms with van der Waals surface area (Å²) in [6, 6.07) is -0.943. The van der Waals surface area contributed by atoms with Crippen molar-refractivity contribution in [1.82, 2.24) is 5.32 Å². The first-order valence-corrected chi connectivity index (χ1v) is 21.8. The molecule has 0 aromatic carbocycles. The number of likely N-dealkylation sites (N-methyl/N-ethyl adjacent to an activating group) is 1. The molecule has 300 valence electrons. The summed E-state index contributed by atoms with van der Waals surface area (Å²) in [6.07, 6.45) is 45.4. The number of rotatable bonds is 35. The molecule has 3 atom stereocenters. The molecule has 0 saturated heterocycles. The second kappa shape index (κ2) is 34.7. The van der Waals surface area contributed by atoms with Crippen molar-refractivity contribution in [3.8, 4) is 0 Å². The zero-order valence-corrected chi connectivity index (χ0v) is 34.6. The van der Waals surface area contributed by atoms with Gasteiger partial charge in [0.1, 0.15) is 13.2 Å². The molecule has 0 radical (unpaired) electrons. The van der Waals surface area contributed by atoms with Gasteiger partial charge in [-0.1, -0.05) is 151 Å². The monoisotopic (exact) mass is 749 g/mol. The molecule has 0 spiro atoms. The molecule has 9 heteroatoms. The van der Waals surface area contributed by atoms with E-state index in [2.05, 4.69) is 67.8 Å². The molecule has 52 heavy (non-hydrogen) atoms. The highest BCUT2D eigenvalue weighted by molar-refractivity contribution is 7.45. The molecule has 0 heterocycles. The summed E-state index contributed by atoms with van der Waals surface area (Å²) in [5, 5.41) is 13.6. The summed E-state index contributed by atoms with van der Waals surface area (Å²) in [6.45, 7) is 4.42. The number of nitrogens with zero attached hydrogens (tertiary/aromatic N) is 1. The van der Waals surface area contributed by atoms with Crippen molar-refractivity contribution in [3.63, 3.8) is 0 Å². The number of aliphatic hydroxyl groups is 1. The summed E-state index contributed by atoms with van der Waals surface area (Å²) in [5.74, 6) is -0.291. The van der Waals surface area contributed by atoms with E-state index in [1.54, 1.807) is 6.08 Å². The molecule has 0 rings (SSSR count). The van der Waals surface area contributed by atoms with Crippen LogP contribution in [0, 0.1) is 0 Å². The first-order valence-electron chi connectivity index (χ1n) is 20.3. The normalized spacial score (nSPS) is 15.3. The Morgan fingerprint density at radius 2 is 1.19 bits per heavy atom. The second-order valence-corrected chi connectivity index (χ2v) is 16.0. The smallest absolute Gasteiger partial charge is 0.268 e. The van der Waals surface area contributed by atoms with Gasteiger partial charge in [0.25, 0.3) is 7.82 Å². The van der Waals surface area contributed by atoms with Gasteiger partial charge in [-0.15, -0.1) is 0 Å². The van der Waals surface area contributed by atoms with Gasteiger partial charge in [0.2, 0.25) is 5.91 Å². The minimum Gasteiger partial charge on any atom is -0.756 e. The van der Waals surface area contributed by atoms with Gasteiger partial charge < -0.3 is 28.8 Å². The second-order valence-electron chi connectivity index (χ2n) is 14.6. The molecule has 1 amide bonds. The van der Waals surface area contributed by atoms with Crippen molar-refractivity contribution in [2.45, 2.75) is 154 Å². The highest BCUT2D eigenvalue weighted by atomic mass is 31.2. The number of nitrogens with one attached hydrogen (secondary N) is 1. The zero-order chi connectivity index (χ0) is 38.6. The molecule has 0 aliphatic carbocycles. The molecule has 0 saturated carbocycles. The van der Waals surface area contributed by atoms with Crippen LogP contribution in [0.1, 0.15) is 142 Å². The molecular formula is C43H77N2O6P.